The average molecular weight is 282 g/mol. The lowest BCUT2D eigenvalue weighted by Gasteiger charge is -2.18. The Labute approximate surface area is 114 Å². The number of aromatic nitrogens is 1. The first-order valence-electron chi connectivity index (χ1n) is 5.97. The van der Waals surface area contributed by atoms with Crippen LogP contribution in [0.25, 0.3) is 0 Å². The molecule has 0 saturated heterocycles. The van der Waals surface area contributed by atoms with Crippen LogP contribution in [0.2, 0.25) is 0 Å². The largest absolute Gasteiger partial charge is 0.370 e. The van der Waals surface area contributed by atoms with Gasteiger partial charge in [-0.2, -0.15) is 9.57 Å². The fraction of sp³-hybridized carbons (Fsp3) is 0.500. The van der Waals surface area contributed by atoms with Crippen LogP contribution in [-0.4, -0.2) is 37.8 Å². The van der Waals surface area contributed by atoms with E-state index in [9.17, 15) is 8.42 Å². The Hall–Kier alpha value is -1.65. The lowest BCUT2D eigenvalue weighted by Crippen LogP contribution is -2.30. The third-order valence-corrected chi connectivity index (χ3v) is 4.37. The molecule has 0 aliphatic rings. The van der Waals surface area contributed by atoms with Gasteiger partial charge in [-0.1, -0.05) is 0 Å². The Morgan fingerprint density at radius 1 is 1.58 bits per heavy atom. The van der Waals surface area contributed by atoms with E-state index >= 15 is 0 Å². The number of pyridine rings is 1. The van der Waals surface area contributed by atoms with Crippen molar-refractivity contribution < 1.29 is 8.42 Å². The van der Waals surface area contributed by atoms with Crippen molar-refractivity contribution >= 4 is 15.8 Å². The zero-order valence-corrected chi connectivity index (χ0v) is 12.1. The van der Waals surface area contributed by atoms with Gasteiger partial charge in [0.1, 0.15) is 5.82 Å². The molecule has 1 rings (SSSR count). The van der Waals surface area contributed by atoms with E-state index in [1.54, 1.807) is 6.92 Å². The quantitative estimate of drug-likeness (QED) is 0.849. The second kappa shape index (κ2) is 6.50. The molecule has 1 aromatic heterocycles. The molecule has 0 radical (unpaired) electrons. The van der Waals surface area contributed by atoms with Gasteiger partial charge in [-0.3, -0.25) is 0 Å². The molecule has 0 bridgehead atoms. The van der Waals surface area contributed by atoms with Crippen LogP contribution < -0.4 is 5.32 Å². The number of rotatable bonds is 6. The van der Waals surface area contributed by atoms with Gasteiger partial charge in [-0.05, 0) is 19.9 Å². The van der Waals surface area contributed by atoms with Crippen molar-refractivity contribution in [1.82, 2.24) is 9.29 Å². The molecule has 0 amide bonds. The van der Waals surface area contributed by atoms with Crippen LogP contribution in [0.15, 0.2) is 23.2 Å². The van der Waals surface area contributed by atoms with E-state index < -0.39 is 10.0 Å². The van der Waals surface area contributed by atoms with Crippen molar-refractivity contribution in [1.29, 1.82) is 5.26 Å². The summed E-state index contributed by atoms with van der Waals surface area (Å²) in [4.78, 5) is 4.20. The summed E-state index contributed by atoms with van der Waals surface area (Å²) in [5.41, 5.74) is 0. The standard InChI is InChI=1S/C12H18N4O2S/c1-4-14-12-7-11(5-6-15-12)19(17,18)16(3)9-10(2)8-13/h5-7,10H,4,9H2,1-3H3,(H,14,15). The molecular weight excluding hydrogens is 264 g/mol. The maximum absolute atomic E-state index is 12.3. The molecule has 104 valence electrons. The van der Waals surface area contributed by atoms with Crippen LogP contribution in [0.4, 0.5) is 5.82 Å². The molecule has 1 N–H and O–H groups in total. The maximum atomic E-state index is 12.3. The predicted molar refractivity (Wildman–Crippen MR) is 73.0 cm³/mol. The molecule has 1 aromatic rings. The summed E-state index contributed by atoms with van der Waals surface area (Å²) in [6.45, 7) is 4.42. The smallest absolute Gasteiger partial charge is 0.243 e. The Morgan fingerprint density at radius 3 is 2.84 bits per heavy atom. The Balaban J connectivity index is 3.00. The van der Waals surface area contributed by atoms with Crippen molar-refractivity contribution in [2.24, 2.45) is 5.92 Å². The van der Waals surface area contributed by atoms with Gasteiger partial charge >= 0.3 is 0 Å². The number of hydrogen-bond acceptors (Lipinski definition) is 5. The Bertz CT molecular complexity index is 565. The SMILES string of the molecule is CCNc1cc(S(=O)(=O)N(C)CC(C)C#N)ccn1. The van der Waals surface area contributed by atoms with E-state index in [-0.39, 0.29) is 17.4 Å². The second-order valence-corrected chi connectivity index (χ2v) is 6.27. The summed E-state index contributed by atoms with van der Waals surface area (Å²) in [6.07, 6.45) is 1.45. The zero-order valence-electron chi connectivity index (χ0n) is 11.3. The highest BCUT2D eigenvalue weighted by Gasteiger charge is 2.22. The van der Waals surface area contributed by atoms with Gasteiger partial charge < -0.3 is 5.32 Å². The van der Waals surface area contributed by atoms with E-state index in [1.165, 1.54) is 29.7 Å². The van der Waals surface area contributed by atoms with Gasteiger partial charge in [0, 0.05) is 32.4 Å². The first-order valence-corrected chi connectivity index (χ1v) is 7.41. The molecular formula is C12H18N4O2S. The van der Waals surface area contributed by atoms with Crippen molar-refractivity contribution in [3.05, 3.63) is 18.3 Å². The van der Waals surface area contributed by atoms with Crippen LogP contribution in [0.3, 0.4) is 0 Å². The third kappa shape index (κ3) is 3.91. The average Bonchev–Trinajstić information content (AvgIpc) is 2.39. The number of nitrogens with zero attached hydrogens (tertiary/aromatic N) is 3. The number of sulfonamides is 1. The van der Waals surface area contributed by atoms with Crippen molar-refractivity contribution in [2.75, 3.05) is 25.5 Å². The predicted octanol–water partition coefficient (Wildman–Crippen LogP) is 1.29. The molecule has 0 fully saturated rings. The van der Waals surface area contributed by atoms with Crippen LogP contribution in [0.5, 0.6) is 0 Å². The minimum atomic E-state index is -3.58. The van der Waals surface area contributed by atoms with Crippen molar-refractivity contribution in [3.63, 3.8) is 0 Å². The second-order valence-electron chi connectivity index (χ2n) is 4.22. The first-order chi connectivity index (χ1) is 8.91. The zero-order chi connectivity index (χ0) is 14.5. The van der Waals surface area contributed by atoms with E-state index in [1.807, 2.05) is 13.0 Å². The molecule has 0 aliphatic carbocycles. The van der Waals surface area contributed by atoms with Gasteiger partial charge in [0.25, 0.3) is 0 Å². The summed E-state index contributed by atoms with van der Waals surface area (Å²) < 4.78 is 25.8. The highest BCUT2D eigenvalue weighted by molar-refractivity contribution is 7.89. The molecule has 19 heavy (non-hydrogen) atoms. The minimum absolute atomic E-state index is 0.164. The number of anilines is 1. The third-order valence-electron chi connectivity index (χ3n) is 2.55. The Kier molecular flexibility index (Phi) is 5.27. The lowest BCUT2D eigenvalue weighted by atomic mass is 10.2. The highest BCUT2D eigenvalue weighted by Crippen LogP contribution is 2.17. The van der Waals surface area contributed by atoms with Crippen molar-refractivity contribution in [3.8, 4) is 6.07 Å². The van der Waals surface area contributed by atoms with E-state index in [2.05, 4.69) is 10.3 Å². The van der Waals surface area contributed by atoms with Crippen LogP contribution in [-0.2, 0) is 10.0 Å². The first kappa shape index (κ1) is 15.4. The minimum Gasteiger partial charge on any atom is -0.370 e. The topological polar surface area (TPSA) is 86.1 Å². The maximum Gasteiger partial charge on any atom is 0.243 e. The van der Waals surface area contributed by atoms with Crippen LogP contribution >= 0.6 is 0 Å². The summed E-state index contributed by atoms with van der Waals surface area (Å²) in [6, 6.07) is 4.96. The fourth-order valence-electron chi connectivity index (χ4n) is 1.55. The van der Waals surface area contributed by atoms with Gasteiger partial charge in [-0.25, -0.2) is 13.4 Å². The monoisotopic (exact) mass is 282 g/mol. The molecule has 0 saturated carbocycles. The number of nitrogens with one attached hydrogen (secondary N) is 1. The molecule has 1 unspecified atom stereocenters. The number of hydrogen-bond donors (Lipinski definition) is 1. The molecule has 6 nitrogen and oxygen atoms in total. The van der Waals surface area contributed by atoms with Gasteiger partial charge in [0.05, 0.1) is 16.9 Å². The molecule has 1 heterocycles. The fourth-order valence-corrected chi connectivity index (χ4v) is 2.83. The summed E-state index contributed by atoms with van der Waals surface area (Å²) >= 11 is 0. The lowest BCUT2D eigenvalue weighted by molar-refractivity contribution is 0.439. The van der Waals surface area contributed by atoms with Gasteiger partial charge in [-0.15, -0.1) is 0 Å². The van der Waals surface area contributed by atoms with E-state index in [0.717, 1.165) is 0 Å². The van der Waals surface area contributed by atoms with Crippen molar-refractivity contribution in [2.45, 2.75) is 18.7 Å². The number of nitriles is 1. The summed E-state index contributed by atoms with van der Waals surface area (Å²) in [5.74, 6) is 0.167. The van der Waals surface area contributed by atoms with E-state index in [4.69, 9.17) is 5.26 Å². The molecule has 0 aromatic carbocycles. The van der Waals surface area contributed by atoms with E-state index in [0.29, 0.717) is 12.4 Å². The van der Waals surface area contributed by atoms with Gasteiger partial charge in [0.15, 0.2) is 0 Å². The molecule has 0 aliphatic heterocycles. The molecule has 1 atom stereocenters. The summed E-state index contributed by atoms with van der Waals surface area (Å²) in [5, 5.41) is 11.7. The van der Waals surface area contributed by atoms with Gasteiger partial charge in [0.2, 0.25) is 10.0 Å². The normalized spacial score (nSPS) is 13.0. The van der Waals surface area contributed by atoms with Crippen LogP contribution in [0.1, 0.15) is 13.8 Å². The van der Waals surface area contributed by atoms with Crippen LogP contribution in [0, 0.1) is 17.2 Å². The highest BCUT2D eigenvalue weighted by atomic mass is 32.2. The molecule has 7 heteroatoms. The summed E-state index contributed by atoms with van der Waals surface area (Å²) in [7, 11) is -2.11. The Morgan fingerprint density at radius 2 is 2.26 bits per heavy atom. The molecule has 0 spiro atoms.